The zero-order chi connectivity index (χ0) is 12.6. The molecule has 2 rings (SSSR count). The molecule has 0 bridgehead atoms. The van der Waals surface area contributed by atoms with E-state index in [1.807, 2.05) is 6.08 Å². The van der Waals surface area contributed by atoms with Crippen molar-refractivity contribution in [2.75, 3.05) is 26.3 Å². The summed E-state index contributed by atoms with van der Waals surface area (Å²) in [5.74, 6) is 0.848. The summed E-state index contributed by atoms with van der Waals surface area (Å²) in [6, 6.07) is 1.48. The van der Waals surface area contributed by atoms with Crippen LogP contribution in [0.3, 0.4) is 0 Å². The number of hydrogen-bond donors (Lipinski definition) is 2. The highest BCUT2D eigenvalue weighted by molar-refractivity contribution is 4.93. The Kier molecular flexibility index (Phi) is 6.18. The van der Waals surface area contributed by atoms with Crippen LogP contribution in [0.5, 0.6) is 0 Å². The van der Waals surface area contributed by atoms with E-state index in [4.69, 9.17) is 4.74 Å². The first-order valence-corrected chi connectivity index (χ1v) is 7.57. The summed E-state index contributed by atoms with van der Waals surface area (Å²) in [7, 11) is 0. The molecule has 3 atom stereocenters. The summed E-state index contributed by atoms with van der Waals surface area (Å²) in [5, 5.41) is 7.36. The Labute approximate surface area is 111 Å². The van der Waals surface area contributed by atoms with E-state index in [-0.39, 0.29) is 0 Å². The van der Waals surface area contributed by atoms with Gasteiger partial charge in [0.2, 0.25) is 0 Å². The van der Waals surface area contributed by atoms with Gasteiger partial charge in [-0.3, -0.25) is 0 Å². The van der Waals surface area contributed by atoms with Crippen molar-refractivity contribution in [3.8, 4) is 0 Å². The molecule has 2 aliphatic rings. The lowest BCUT2D eigenvalue weighted by Gasteiger charge is -2.26. The number of rotatable bonds is 8. The molecule has 18 heavy (non-hydrogen) atoms. The van der Waals surface area contributed by atoms with Gasteiger partial charge in [-0.1, -0.05) is 12.5 Å². The molecular formula is C15H28N2O. The highest BCUT2D eigenvalue weighted by atomic mass is 16.5. The molecule has 0 aromatic carbocycles. The molecule has 1 heterocycles. The molecule has 2 fully saturated rings. The van der Waals surface area contributed by atoms with Gasteiger partial charge in [-0.05, 0) is 44.6 Å². The number of ether oxygens (including phenoxy) is 1. The average Bonchev–Trinajstić information content (AvgIpc) is 3.03. The Morgan fingerprint density at radius 3 is 2.94 bits per heavy atom. The van der Waals surface area contributed by atoms with Crippen molar-refractivity contribution in [2.24, 2.45) is 5.92 Å². The summed E-state index contributed by atoms with van der Waals surface area (Å²) < 4.78 is 5.55. The fraction of sp³-hybridized carbons (Fsp3) is 0.867. The molecule has 0 radical (unpaired) electrons. The molecule has 3 unspecified atom stereocenters. The first-order valence-electron chi connectivity index (χ1n) is 7.57. The van der Waals surface area contributed by atoms with Crippen LogP contribution in [0.1, 0.15) is 38.5 Å². The smallest absolute Gasteiger partial charge is 0.0591 e. The summed E-state index contributed by atoms with van der Waals surface area (Å²) in [6.45, 7) is 7.54. The Balaban J connectivity index is 1.60. The highest BCUT2D eigenvalue weighted by Gasteiger charge is 2.34. The third-order valence-electron chi connectivity index (χ3n) is 4.30. The van der Waals surface area contributed by atoms with Gasteiger partial charge < -0.3 is 15.4 Å². The van der Waals surface area contributed by atoms with Crippen molar-refractivity contribution in [1.82, 2.24) is 10.6 Å². The molecule has 0 amide bonds. The molecule has 104 valence electrons. The van der Waals surface area contributed by atoms with Crippen molar-refractivity contribution in [3.05, 3.63) is 12.7 Å². The van der Waals surface area contributed by atoms with E-state index < -0.39 is 0 Å². The van der Waals surface area contributed by atoms with Crippen LogP contribution < -0.4 is 10.6 Å². The van der Waals surface area contributed by atoms with Crippen LogP contribution in [0.4, 0.5) is 0 Å². The largest absolute Gasteiger partial charge is 0.380 e. The summed E-state index contributed by atoms with van der Waals surface area (Å²) in [5.41, 5.74) is 0. The van der Waals surface area contributed by atoms with Gasteiger partial charge in [0.1, 0.15) is 0 Å². The monoisotopic (exact) mass is 252 g/mol. The first-order chi connectivity index (χ1) is 8.92. The molecule has 0 aromatic heterocycles. The molecular weight excluding hydrogens is 224 g/mol. The van der Waals surface area contributed by atoms with Crippen molar-refractivity contribution < 1.29 is 4.74 Å². The molecule has 2 N–H and O–H groups in total. The number of hydrogen-bond acceptors (Lipinski definition) is 3. The minimum absolute atomic E-state index is 0.712. The topological polar surface area (TPSA) is 33.3 Å². The second kappa shape index (κ2) is 7.93. The SMILES string of the molecule is C=CCCOCCNC1CCCC1C1CCCN1. The van der Waals surface area contributed by atoms with Gasteiger partial charge in [-0.2, -0.15) is 0 Å². The lowest BCUT2D eigenvalue weighted by Crippen LogP contribution is -2.43. The molecule has 1 saturated heterocycles. The van der Waals surface area contributed by atoms with E-state index >= 15 is 0 Å². The maximum atomic E-state index is 5.55. The summed E-state index contributed by atoms with van der Waals surface area (Å²) >= 11 is 0. The van der Waals surface area contributed by atoms with Crippen molar-refractivity contribution in [2.45, 2.75) is 50.6 Å². The second-order valence-corrected chi connectivity index (χ2v) is 5.55. The standard InChI is InChI=1S/C15H28N2O/c1-2-3-11-18-12-10-17-14-7-4-6-13(14)15-8-5-9-16-15/h2,13-17H,1,3-12H2. The van der Waals surface area contributed by atoms with E-state index in [9.17, 15) is 0 Å². The number of nitrogens with one attached hydrogen (secondary N) is 2. The summed E-state index contributed by atoms with van der Waals surface area (Å²) in [6.07, 6.45) is 9.72. The van der Waals surface area contributed by atoms with Gasteiger partial charge in [-0.25, -0.2) is 0 Å². The normalized spacial score (nSPS) is 31.9. The van der Waals surface area contributed by atoms with Gasteiger partial charge in [0.15, 0.2) is 0 Å². The van der Waals surface area contributed by atoms with Crippen LogP contribution in [0, 0.1) is 5.92 Å². The molecule has 3 nitrogen and oxygen atoms in total. The highest BCUT2D eigenvalue weighted by Crippen LogP contribution is 2.31. The average molecular weight is 252 g/mol. The molecule has 3 heteroatoms. The second-order valence-electron chi connectivity index (χ2n) is 5.55. The lowest BCUT2D eigenvalue weighted by molar-refractivity contribution is 0.135. The molecule has 1 saturated carbocycles. The summed E-state index contributed by atoms with van der Waals surface area (Å²) in [4.78, 5) is 0. The van der Waals surface area contributed by atoms with Crippen LogP contribution >= 0.6 is 0 Å². The zero-order valence-corrected chi connectivity index (χ0v) is 11.5. The van der Waals surface area contributed by atoms with Gasteiger partial charge in [0.25, 0.3) is 0 Å². The predicted octanol–water partition coefficient (Wildman–Crippen LogP) is 2.09. The zero-order valence-electron chi connectivity index (χ0n) is 11.5. The lowest BCUT2D eigenvalue weighted by atomic mass is 9.93. The molecule has 1 aliphatic carbocycles. The van der Waals surface area contributed by atoms with Crippen LogP contribution in [-0.2, 0) is 4.74 Å². The van der Waals surface area contributed by atoms with Crippen molar-refractivity contribution in [3.63, 3.8) is 0 Å². The van der Waals surface area contributed by atoms with E-state index in [1.165, 1.54) is 38.6 Å². The third kappa shape index (κ3) is 4.08. The van der Waals surface area contributed by atoms with Crippen LogP contribution in [0.25, 0.3) is 0 Å². The van der Waals surface area contributed by atoms with Gasteiger partial charge in [0, 0.05) is 18.6 Å². The van der Waals surface area contributed by atoms with E-state index in [1.54, 1.807) is 0 Å². The van der Waals surface area contributed by atoms with E-state index in [0.717, 1.165) is 38.1 Å². The minimum atomic E-state index is 0.712. The van der Waals surface area contributed by atoms with Crippen LogP contribution in [0.2, 0.25) is 0 Å². The fourth-order valence-corrected chi connectivity index (χ4v) is 3.39. The molecule has 0 aromatic rings. The van der Waals surface area contributed by atoms with Crippen molar-refractivity contribution in [1.29, 1.82) is 0 Å². The van der Waals surface area contributed by atoms with Gasteiger partial charge >= 0.3 is 0 Å². The van der Waals surface area contributed by atoms with E-state index in [0.29, 0.717) is 6.04 Å². The van der Waals surface area contributed by atoms with Gasteiger partial charge in [0.05, 0.1) is 13.2 Å². The van der Waals surface area contributed by atoms with Gasteiger partial charge in [-0.15, -0.1) is 6.58 Å². The van der Waals surface area contributed by atoms with Crippen LogP contribution in [0.15, 0.2) is 12.7 Å². The van der Waals surface area contributed by atoms with Crippen molar-refractivity contribution >= 4 is 0 Å². The Morgan fingerprint density at radius 1 is 1.22 bits per heavy atom. The Morgan fingerprint density at radius 2 is 2.17 bits per heavy atom. The first kappa shape index (κ1) is 14.0. The van der Waals surface area contributed by atoms with E-state index in [2.05, 4.69) is 17.2 Å². The minimum Gasteiger partial charge on any atom is -0.380 e. The fourth-order valence-electron chi connectivity index (χ4n) is 3.39. The third-order valence-corrected chi connectivity index (χ3v) is 4.30. The quantitative estimate of drug-likeness (QED) is 0.512. The molecule has 0 spiro atoms. The molecule has 1 aliphatic heterocycles. The Hall–Kier alpha value is -0.380. The maximum absolute atomic E-state index is 5.55. The predicted molar refractivity (Wildman–Crippen MR) is 75.8 cm³/mol. The maximum Gasteiger partial charge on any atom is 0.0591 e. The Bertz CT molecular complexity index is 239. The van der Waals surface area contributed by atoms with Crippen LogP contribution in [-0.4, -0.2) is 38.4 Å².